The summed E-state index contributed by atoms with van der Waals surface area (Å²) in [6.07, 6.45) is 0.835. The molecule has 0 aliphatic carbocycles. The van der Waals surface area contributed by atoms with Crippen LogP contribution in [0.1, 0.15) is 11.3 Å². The lowest BCUT2D eigenvalue weighted by molar-refractivity contribution is 0.265. The molecule has 22 heavy (non-hydrogen) atoms. The Morgan fingerprint density at radius 3 is 2.82 bits per heavy atom. The first kappa shape index (κ1) is 15.1. The fourth-order valence-electron chi connectivity index (χ4n) is 2.64. The van der Waals surface area contributed by atoms with Crippen molar-refractivity contribution in [1.29, 1.82) is 0 Å². The SMILES string of the molecule is Cn1nc2c(cc1=O)CN(CCS(=O)c1ccccc1)CC2. The van der Waals surface area contributed by atoms with Crippen LogP contribution < -0.4 is 5.56 Å². The van der Waals surface area contributed by atoms with Crippen molar-refractivity contribution in [1.82, 2.24) is 14.7 Å². The van der Waals surface area contributed by atoms with Crippen LogP contribution in [0.4, 0.5) is 0 Å². The lowest BCUT2D eigenvalue weighted by Gasteiger charge is -2.27. The summed E-state index contributed by atoms with van der Waals surface area (Å²) in [5.41, 5.74) is 1.93. The fourth-order valence-corrected chi connectivity index (χ4v) is 3.77. The first-order valence-electron chi connectivity index (χ1n) is 7.35. The van der Waals surface area contributed by atoms with Gasteiger partial charge in [-0.25, -0.2) is 4.68 Å². The minimum absolute atomic E-state index is 0.0755. The number of fused-ring (bicyclic) bond motifs is 1. The van der Waals surface area contributed by atoms with E-state index in [9.17, 15) is 9.00 Å². The second-order valence-electron chi connectivity index (χ2n) is 5.47. The van der Waals surface area contributed by atoms with Crippen molar-refractivity contribution in [2.45, 2.75) is 17.9 Å². The standard InChI is InChI=1S/C16H19N3O2S/c1-18-16(20)11-13-12-19(8-7-15(13)17-18)9-10-22(21)14-5-3-2-4-6-14/h2-6,11H,7-10,12H2,1H3. The van der Waals surface area contributed by atoms with Gasteiger partial charge in [0.25, 0.3) is 5.56 Å². The van der Waals surface area contributed by atoms with Crippen LogP contribution in [-0.2, 0) is 30.8 Å². The van der Waals surface area contributed by atoms with E-state index in [0.717, 1.165) is 35.7 Å². The Morgan fingerprint density at radius 1 is 1.27 bits per heavy atom. The Balaban J connectivity index is 1.62. The maximum atomic E-state index is 12.3. The van der Waals surface area contributed by atoms with Gasteiger partial charge in [-0.1, -0.05) is 18.2 Å². The van der Waals surface area contributed by atoms with Crippen molar-refractivity contribution >= 4 is 10.8 Å². The molecule has 1 aliphatic rings. The topological polar surface area (TPSA) is 55.2 Å². The summed E-state index contributed by atoms with van der Waals surface area (Å²) in [4.78, 5) is 14.8. The van der Waals surface area contributed by atoms with Crippen molar-refractivity contribution in [3.05, 3.63) is 58.0 Å². The molecule has 0 fully saturated rings. The fraction of sp³-hybridized carbons (Fsp3) is 0.375. The van der Waals surface area contributed by atoms with Crippen LogP contribution in [0.25, 0.3) is 0 Å². The van der Waals surface area contributed by atoms with Gasteiger partial charge >= 0.3 is 0 Å². The monoisotopic (exact) mass is 317 g/mol. The number of benzene rings is 1. The Bertz CT molecular complexity index is 743. The quantitative estimate of drug-likeness (QED) is 0.842. The van der Waals surface area contributed by atoms with Crippen molar-refractivity contribution in [3.8, 4) is 0 Å². The largest absolute Gasteiger partial charge is 0.298 e. The molecule has 116 valence electrons. The first-order chi connectivity index (χ1) is 10.6. The van der Waals surface area contributed by atoms with E-state index in [-0.39, 0.29) is 5.56 Å². The molecule has 5 nitrogen and oxygen atoms in total. The maximum absolute atomic E-state index is 12.3. The Hall–Kier alpha value is -1.79. The Labute approximate surface area is 132 Å². The van der Waals surface area contributed by atoms with E-state index < -0.39 is 10.8 Å². The van der Waals surface area contributed by atoms with Crippen molar-refractivity contribution < 1.29 is 4.21 Å². The lowest BCUT2D eigenvalue weighted by Crippen LogP contribution is -2.36. The second-order valence-corrected chi connectivity index (χ2v) is 7.04. The van der Waals surface area contributed by atoms with Crippen LogP contribution in [0.2, 0.25) is 0 Å². The molecule has 0 bridgehead atoms. The van der Waals surface area contributed by atoms with E-state index in [2.05, 4.69) is 10.00 Å². The highest BCUT2D eigenvalue weighted by atomic mass is 32.2. The summed E-state index contributed by atoms with van der Waals surface area (Å²) in [5.74, 6) is 0.609. The molecule has 1 aromatic carbocycles. The third-order valence-corrected chi connectivity index (χ3v) is 5.27. The summed E-state index contributed by atoms with van der Waals surface area (Å²) in [6, 6.07) is 11.2. The molecule has 2 heterocycles. The molecular formula is C16H19N3O2S. The summed E-state index contributed by atoms with van der Waals surface area (Å²) in [6.45, 7) is 2.37. The van der Waals surface area contributed by atoms with Crippen molar-refractivity contribution in [3.63, 3.8) is 0 Å². The van der Waals surface area contributed by atoms with E-state index >= 15 is 0 Å². The van der Waals surface area contributed by atoms with E-state index in [4.69, 9.17) is 0 Å². The van der Waals surface area contributed by atoms with Gasteiger partial charge in [-0.05, 0) is 17.7 Å². The molecule has 2 aromatic rings. The molecule has 0 N–H and O–H groups in total. The minimum atomic E-state index is -0.974. The summed E-state index contributed by atoms with van der Waals surface area (Å²) >= 11 is 0. The highest BCUT2D eigenvalue weighted by molar-refractivity contribution is 7.85. The van der Waals surface area contributed by atoms with Gasteiger partial charge < -0.3 is 0 Å². The minimum Gasteiger partial charge on any atom is -0.298 e. The van der Waals surface area contributed by atoms with Crippen LogP contribution in [0.15, 0.2) is 46.1 Å². The summed E-state index contributed by atoms with van der Waals surface area (Å²) in [5, 5.41) is 4.31. The van der Waals surface area contributed by atoms with Gasteiger partial charge in [0.1, 0.15) is 0 Å². The number of aryl methyl sites for hydroxylation is 1. The number of hydrogen-bond donors (Lipinski definition) is 0. The highest BCUT2D eigenvalue weighted by Crippen LogP contribution is 2.15. The molecule has 0 saturated heterocycles. The average molecular weight is 317 g/mol. The zero-order valence-electron chi connectivity index (χ0n) is 12.6. The molecule has 1 aromatic heterocycles. The second kappa shape index (κ2) is 6.54. The first-order valence-corrected chi connectivity index (χ1v) is 8.67. The number of hydrogen-bond acceptors (Lipinski definition) is 4. The molecule has 0 saturated carbocycles. The van der Waals surface area contributed by atoms with Crippen LogP contribution in [0, 0.1) is 0 Å². The predicted octanol–water partition coefficient (Wildman–Crippen LogP) is 0.946. The van der Waals surface area contributed by atoms with Crippen molar-refractivity contribution in [2.24, 2.45) is 7.05 Å². The summed E-state index contributed by atoms with van der Waals surface area (Å²) in [7, 11) is 0.704. The third-order valence-electron chi connectivity index (χ3n) is 3.92. The average Bonchev–Trinajstić information content (AvgIpc) is 2.54. The maximum Gasteiger partial charge on any atom is 0.266 e. The zero-order chi connectivity index (χ0) is 15.5. The number of nitrogens with zero attached hydrogens (tertiary/aromatic N) is 3. The number of aromatic nitrogens is 2. The zero-order valence-corrected chi connectivity index (χ0v) is 13.4. The van der Waals surface area contributed by atoms with Gasteiger partial charge in [0, 0.05) is 49.8 Å². The van der Waals surface area contributed by atoms with Gasteiger partial charge in [-0.3, -0.25) is 13.9 Å². The Kier molecular flexibility index (Phi) is 4.49. The molecule has 3 rings (SSSR count). The predicted molar refractivity (Wildman–Crippen MR) is 86.2 cm³/mol. The van der Waals surface area contributed by atoms with Gasteiger partial charge in [0.05, 0.1) is 16.5 Å². The van der Waals surface area contributed by atoms with Gasteiger partial charge in [0.15, 0.2) is 0 Å². The lowest BCUT2D eigenvalue weighted by atomic mass is 10.1. The van der Waals surface area contributed by atoms with Crippen LogP contribution >= 0.6 is 0 Å². The van der Waals surface area contributed by atoms with Gasteiger partial charge in [0.2, 0.25) is 0 Å². The van der Waals surface area contributed by atoms with Crippen LogP contribution in [-0.4, -0.2) is 37.7 Å². The molecule has 6 heteroatoms. The smallest absolute Gasteiger partial charge is 0.266 e. The van der Waals surface area contributed by atoms with Crippen LogP contribution in [0.5, 0.6) is 0 Å². The van der Waals surface area contributed by atoms with Crippen molar-refractivity contribution in [2.75, 3.05) is 18.8 Å². The van der Waals surface area contributed by atoms with E-state index in [0.29, 0.717) is 12.3 Å². The van der Waals surface area contributed by atoms with E-state index in [1.807, 2.05) is 30.3 Å². The highest BCUT2D eigenvalue weighted by Gasteiger charge is 2.19. The normalized spacial score (nSPS) is 16.2. The van der Waals surface area contributed by atoms with Gasteiger partial charge in [-0.15, -0.1) is 0 Å². The van der Waals surface area contributed by atoms with E-state index in [1.165, 1.54) is 4.68 Å². The number of rotatable bonds is 4. The molecule has 0 spiro atoms. The van der Waals surface area contributed by atoms with E-state index in [1.54, 1.807) is 13.1 Å². The molecular weight excluding hydrogens is 298 g/mol. The van der Waals surface area contributed by atoms with Gasteiger partial charge in [-0.2, -0.15) is 5.10 Å². The summed E-state index contributed by atoms with van der Waals surface area (Å²) < 4.78 is 13.6. The molecule has 0 radical (unpaired) electrons. The third kappa shape index (κ3) is 3.34. The Morgan fingerprint density at radius 2 is 2.05 bits per heavy atom. The van der Waals surface area contributed by atoms with Crippen LogP contribution in [0.3, 0.4) is 0 Å². The molecule has 1 atom stereocenters. The molecule has 0 amide bonds. The molecule has 1 aliphatic heterocycles. The molecule has 1 unspecified atom stereocenters.